The summed E-state index contributed by atoms with van der Waals surface area (Å²) in [5.74, 6) is -0.391. The van der Waals surface area contributed by atoms with Gasteiger partial charge in [0.25, 0.3) is 5.91 Å². The van der Waals surface area contributed by atoms with Gasteiger partial charge in [-0.05, 0) is 57.1 Å². The summed E-state index contributed by atoms with van der Waals surface area (Å²) in [6.07, 6.45) is 2.60. The van der Waals surface area contributed by atoms with Gasteiger partial charge in [-0.2, -0.15) is 0 Å². The van der Waals surface area contributed by atoms with E-state index >= 15 is 0 Å². The Hall–Kier alpha value is -2.28. The summed E-state index contributed by atoms with van der Waals surface area (Å²) < 4.78 is 3.81. The van der Waals surface area contributed by atoms with Crippen LogP contribution < -0.4 is 5.32 Å². The molecule has 2 aromatic rings. The predicted molar refractivity (Wildman–Crippen MR) is 106 cm³/mol. The molecule has 144 valence electrons. The lowest BCUT2D eigenvalue weighted by Crippen LogP contribution is -2.51. The molecule has 1 aromatic carbocycles. The molecule has 1 atom stereocenters. The molecule has 3 rings (SSSR count). The maximum absolute atomic E-state index is 13.3. The quantitative estimate of drug-likeness (QED) is 0.790. The van der Waals surface area contributed by atoms with Gasteiger partial charge in [0.2, 0.25) is 5.91 Å². The van der Waals surface area contributed by atoms with E-state index < -0.39 is 6.04 Å². The van der Waals surface area contributed by atoms with Gasteiger partial charge < -0.3 is 10.2 Å². The molecular formula is C20H26N4O2S. The van der Waals surface area contributed by atoms with Crippen LogP contribution >= 0.6 is 11.5 Å². The third-order valence-corrected chi connectivity index (χ3v) is 5.49. The Morgan fingerprint density at radius 1 is 1.37 bits per heavy atom. The topological polar surface area (TPSA) is 75.2 Å². The van der Waals surface area contributed by atoms with Crippen LogP contribution in [-0.2, 0) is 4.79 Å². The van der Waals surface area contributed by atoms with Gasteiger partial charge in [0.1, 0.15) is 6.04 Å². The zero-order chi connectivity index (χ0) is 19.6. The van der Waals surface area contributed by atoms with Crippen LogP contribution in [0, 0.1) is 6.92 Å². The van der Waals surface area contributed by atoms with Gasteiger partial charge in [-0.1, -0.05) is 41.2 Å². The molecule has 1 aliphatic rings. The summed E-state index contributed by atoms with van der Waals surface area (Å²) in [6.45, 7) is 8.01. The van der Waals surface area contributed by atoms with E-state index in [1.165, 1.54) is 0 Å². The fraction of sp³-hybridized carbons (Fsp3) is 0.500. The second-order valence-corrected chi connectivity index (χ2v) is 8.39. The van der Waals surface area contributed by atoms with Crippen molar-refractivity contribution in [3.63, 3.8) is 0 Å². The van der Waals surface area contributed by atoms with Crippen molar-refractivity contribution in [1.82, 2.24) is 19.8 Å². The van der Waals surface area contributed by atoms with E-state index in [1.54, 1.807) is 10.3 Å². The van der Waals surface area contributed by atoms with Crippen LogP contribution in [0.1, 0.15) is 67.7 Å². The summed E-state index contributed by atoms with van der Waals surface area (Å²) in [5.41, 5.74) is 1.83. The Kier molecular flexibility index (Phi) is 5.60. The zero-order valence-corrected chi connectivity index (χ0v) is 17.0. The Morgan fingerprint density at radius 2 is 2.11 bits per heavy atom. The van der Waals surface area contributed by atoms with Crippen molar-refractivity contribution in [2.24, 2.45) is 0 Å². The van der Waals surface area contributed by atoms with Crippen molar-refractivity contribution in [2.75, 3.05) is 0 Å². The Morgan fingerprint density at radius 3 is 2.67 bits per heavy atom. The first kappa shape index (κ1) is 19.5. The lowest BCUT2D eigenvalue weighted by atomic mass is 9.97. The number of aryl methyl sites for hydroxylation is 1. The van der Waals surface area contributed by atoms with Gasteiger partial charge in [0, 0.05) is 17.0 Å². The van der Waals surface area contributed by atoms with Gasteiger partial charge in [0.15, 0.2) is 5.69 Å². The highest BCUT2D eigenvalue weighted by Crippen LogP contribution is 2.36. The van der Waals surface area contributed by atoms with E-state index in [9.17, 15) is 9.59 Å². The molecule has 27 heavy (non-hydrogen) atoms. The van der Waals surface area contributed by atoms with Gasteiger partial charge in [-0.3, -0.25) is 9.59 Å². The molecule has 0 spiro atoms. The average Bonchev–Trinajstić information content (AvgIpc) is 3.30. The van der Waals surface area contributed by atoms with Crippen molar-refractivity contribution in [3.05, 3.63) is 46.5 Å². The third kappa shape index (κ3) is 4.53. The number of carbonyl (C=O) groups excluding carboxylic acids is 2. The highest BCUT2D eigenvalue weighted by atomic mass is 32.1. The number of carbonyl (C=O) groups is 2. The van der Waals surface area contributed by atoms with Crippen molar-refractivity contribution in [2.45, 2.75) is 64.6 Å². The lowest BCUT2D eigenvalue weighted by Gasteiger charge is -2.34. The van der Waals surface area contributed by atoms with E-state index in [1.807, 2.05) is 52.0 Å². The maximum atomic E-state index is 13.3. The number of rotatable bonds is 7. The molecule has 1 aliphatic carbocycles. The van der Waals surface area contributed by atoms with E-state index in [2.05, 4.69) is 14.9 Å². The molecule has 1 aromatic heterocycles. The largest absolute Gasteiger partial charge is 0.349 e. The number of nitrogens with zero attached hydrogens (tertiary/aromatic N) is 3. The molecule has 6 nitrogen and oxygen atoms in total. The number of aromatic nitrogens is 2. The van der Waals surface area contributed by atoms with Crippen LogP contribution in [0.3, 0.4) is 0 Å². The molecule has 0 bridgehead atoms. The summed E-state index contributed by atoms with van der Waals surface area (Å²) in [4.78, 5) is 28.2. The summed E-state index contributed by atoms with van der Waals surface area (Å²) in [5, 5.41) is 8.70. The minimum absolute atomic E-state index is 0.0557. The molecule has 1 fully saturated rings. The minimum atomic E-state index is -0.683. The number of hydrogen-bond donors (Lipinski definition) is 1. The second kappa shape index (κ2) is 7.76. The highest BCUT2D eigenvalue weighted by molar-refractivity contribution is 7.03. The van der Waals surface area contributed by atoms with Gasteiger partial charge in [0.05, 0.1) is 0 Å². The maximum Gasteiger partial charge on any atom is 0.276 e. The number of nitrogens with one attached hydrogen (secondary N) is 1. The van der Waals surface area contributed by atoms with E-state index in [0.29, 0.717) is 5.69 Å². The summed E-state index contributed by atoms with van der Waals surface area (Å²) in [6, 6.07) is 7.18. The van der Waals surface area contributed by atoms with Crippen molar-refractivity contribution in [1.29, 1.82) is 0 Å². The SMILES string of the molecule is CCC(C)(C)NC(=O)C(c1cccc(C)c1)N(C(=O)c1csnn1)C1CC1. The molecule has 1 N–H and O–H groups in total. The van der Waals surface area contributed by atoms with Crippen LogP contribution in [0.25, 0.3) is 0 Å². The van der Waals surface area contributed by atoms with Crippen LogP contribution in [-0.4, -0.2) is 37.9 Å². The first-order valence-corrected chi connectivity index (χ1v) is 10.1. The number of hydrogen-bond acceptors (Lipinski definition) is 5. The van der Waals surface area contributed by atoms with Crippen LogP contribution in [0.15, 0.2) is 29.6 Å². The minimum Gasteiger partial charge on any atom is -0.349 e. The molecule has 0 aliphatic heterocycles. The molecule has 0 radical (unpaired) electrons. The van der Waals surface area contributed by atoms with Crippen LogP contribution in [0.4, 0.5) is 0 Å². The first-order chi connectivity index (χ1) is 12.8. The molecule has 1 saturated carbocycles. The Balaban J connectivity index is 2.01. The van der Waals surface area contributed by atoms with Crippen LogP contribution in [0.2, 0.25) is 0 Å². The smallest absolute Gasteiger partial charge is 0.276 e. The highest BCUT2D eigenvalue weighted by Gasteiger charge is 2.43. The van der Waals surface area contributed by atoms with E-state index in [0.717, 1.165) is 41.9 Å². The standard InChI is InChI=1S/C20H26N4O2S/c1-5-20(3,4)21-18(25)17(14-8-6-7-13(2)11-14)24(15-9-10-15)19(26)16-12-27-23-22-16/h6-8,11-12,15,17H,5,9-10H2,1-4H3,(H,21,25). The zero-order valence-electron chi connectivity index (χ0n) is 16.2. The Bertz CT molecular complexity index is 815. The molecule has 2 amide bonds. The lowest BCUT2D eigenvalue weighted by molar-refractivity contribution is -0.127. The molecule has 1 unspecified atom stereocenters. The summed E-state index contributed by atoms with van der Waals surface area (Å²) >= 11 is 1.14. The third-order valence-electron chi connectivity index (χ3n) is 4.98. The monoisotopic (exact) mass is 386 g/mol. The van der Waals surface area contributed by atoms with Gasteiger partial charge >= 0.3 is 0 Å². The first-order valence-electron chi connectivity index (χ1n) is 9.30. The Labute approximate surface area is 164 Å². The fourth-order valence-corrected chi connectivity index (χ4v) is 3.44. The average molecular weight is 387 g/mol. The normalized spacial score (nSPS) is 15.3. The number of amides is 2. The molecular weight excluding hydrogens is 360 g/mol. The van der Waals surface area contributed by atoms with E-state index in [4.69, 9.17) is 0 Å². The van der Waals surface area contributed by atoms with Crippen LogP contribution in [0.5, 0.6) is 0 Å². The van der Waals surface area contributed by atoms with Crippen molar-refractivity contribution < 1.29 is 9.59 Å². The van der Waals surface area contributed by atoms with Gasteiger partial charge in [-0.25, -0.2) is 0 Å². The molecule has 7 heteroatoms. The van der Waals surface area contributed by atoms with Crippen molar-refractivity contribution >= 4 is 23.3 Å². The van der Waals surface area contributed by atoms with Crippen molar-refractivity contribution in [3.8, 4) is 0 Å². The molecule has 0 saturated heterocycles. The van der Waals surface area contributed by atoms with Gasteiger partial charge in [-0.15, -0.1) is 5.10 Å². The molecule has 1 heterocycles. The summed E-state index contributed by atoms with van der Waals surface area (Å²) in [7, 11) is 0. The predicted octanol–water partition coefficient (Wildman–Crippen LogP) is 3.50. The van der Waals surface area contributed by atoms with E-state index in [-0.39, 0.29) is 23.4 Å². The fourth-order valence-electron chi connectivity index (χ4n) is 3.01. The number of benzene rings is 1. The second-order valence-electron chi connectivity index (χ2n) is 7.78.